The van der Waals surface area contributed by atoms with Crippen LogP contribution in [0.1, 0.15) is 26.2 Å². The van der Waals surface area contributed by atoms with Gasteiger partial charge in [-0.1, -0.05) is 0 Å². The molecule has 17 heavy (non-hydrogen) atoms. The minimum absolute atomic E-state index is 0.152. The Hall–Kier alpha value is -1.10. The van der Waals surface area contributed by atoms with E-state index in [1.807, 2.05) is 4.90 Å². The first-order valence-electron chi connectivity index (χ1n) is 6.19. The van der Waals surface area contributed by atoms with Crippen molar-refractivity contribution >= 4 is 11.8 Å². The first-order chi connectivity index (χ1) is 8.00. The van der Waals surface area contributed by atoms with Crippen LogP contribution >= 0.6 is 0 Å². The van der Waals surface area contributed by atoms with Crippen LogP contribution in [0.5, 0.6) is 0 Å². The highest BCUT2D eigenvalue weighted by Crippen LogP contribution is 2.10. The molecule has 2 amide bonds. The molecule has 5 heteroatoms. The third-order valence-corrected chi connectivity index (χ3v) is 3.21. The topological polar surface area (TPSA) is 52.7 Å². The molecule has 0 atom stereocenters. The molecule has 0 aliphatic carbocycles. The van der Waals surface area contributed by atoms with Gasteiger partial charge in [-0.2, -0.15) is 0 Å². The molecule has 0 aromatic heterocycles. The quantitative estimate of drug-likeness (QED) is 0.757. The molecule has 0 spiro atoms. The van der Waals surface area contributed by atoms with E-state index in [-0.39, 0.29) is 11.8 Å². The molecule has 0 aromatic carbocycles. The highest BCUT2D eigenvalue weighted by atomic mass is 16.2. The molecule has 1 fully saturated rings. The zero-order valence-corrected chi connectivity index (χ0v) is 11.0. The molecular weight excluding hydrogens is 218 g/mol. The summed E-state index contributed by atoms with van der Waals surface area (Å²) in [5.41, 5.74) is 0. The average molecular weight is 241 g/mol. The van der Waals surface area contributed by atoms with Crippen molar-refractivity contribution in [2.45, 2.75) is 32.2 Å². The van der Waals surface area contributed by atoms with E-state index < -0.39 is 0 Å². The van der Waals surface area contributed by atoms with E-state index in [0.29, 0.717) is 12.5 Å². The fourth-order valence-corrected chi connectivity index (χ4v) is 2.01. The van der Waals surface area contributed by atoms with Gasteiger partial charge < -0.3 is 15.1 Å². The van der Waals surface area contributed by atoms with Crippen LogP contribution < -0.4 is 5.32 Å². The monoisotopic (exact) mass is 241 g/mol. The maximum absolute atomic E-state index is 11.4. The largest absolute Gasteiger partial charge is 0.349 e. The Morgan fingerprint density at radius 1 is 1.29 bits per heavy atom. The lowest BCUT2D eigenvalue weighted by atomic mass is 10.0. The highest BCUT2D eigenvalue weighted by Gasteiger charge is 2.20. The van der Waals surface area contributed by atoms with Crippen molar-refractivity contribution in [1.29, 1.82) is 0 Å². The Bertz CT molecular complexity index is 271. The first kappa shape index (κ1) is 14.0. The molecule has 0 unspecified atom stereocenters. The maximum Gasteiger partial charge on any atom is 0.223 e. The van der Waals surface area contributed by atoms with Gasteiger partial charge in [-0.05, 0) is 12.8 Å². The van der Waals surface area contributed by atoms with Crippen LogP contribution in [0.25, 0.3) is 0 Å². The van der Waals surface area contributed by atoms with Crippen LogP contribution in [-0.4, -0.2) is 61.4 Å². The third-order valence-electron chi connectivity index (χ3n) is 3.21. The van der Waals surface area contributed by atoms with Crippen molar-refractivity contribution in [3.8, 4) is 0 Å². The van der Waals surface area contributed by atoms with E-state index >= 15 is 0 Å². The summed E-state index contributed by atoms with van der Waals surface area (Å²) < 4.78 is 0. The van der Waals surface area contributed by atoms with E-state index in [0.717, 1.165) is 32.5 Å². The molecule has 1 N–H and O–H groups in total. The molecule has 1 rings (SSSR count). The smallest absolute Gasteiger partial charge is 0.223 e. The van der Waals surface area contributed by atoms with Crippen molar-refractivity contribution in [2.75, 3.05) is 33.7 Å². The lowest BCUT2D eigenvalue weighted by molar-refractivity contribution is -0.130. The Labute approximate surface area is 103 Å². The highest BCUT2D eigenvalue weighted by molar-refractivity contribution is 5.75. The molecule has 0 saturated carbocycles. The summed E-state index contributed by atoms with van der Waals surface area (Å²) in [5, 5.41) is 3.38. The number of carbonyl (C=O) groups is 2. The second kappa shape index (κ2) is 6.59. The molecule has 98 valence electrons. The Morgan fingerprint density at radius 3 is 2.35 bits per heavy atom. The molecule has 5 nitrogen and oxygen atoms in total. The molecule has 1 heterocycles. The van der Waals surface area contributed by atoms with Crippen LogP contribution in [-0.2, 0) is 9.59 Å². The summed E-state index contributed by atoms with van der Waals surface area (Å²) in [6, 6.07) is 0.445. The van der Waals surface area contributed by atoms with Crippen molar-refractivity contribution in [2.24, 2.45) is 0 Å². The third kappa shape index (κ3) is 4.73. The lowest BCUT2D eigenvalue weighted by Gasteiger charge is -2.31. The Morgan fingerprint density at radius 2 is 1.88 bits per heavy atom. The molecule has 1 aliphatic rings. The number of likely N-dealkylation sites (tertiary alicyclic amines) is 1. The summed E-state index contributed by atoms with van der Waals surface area (Å²) >= 11 is 0. The molecule has 1 aliphatic heterocycles. The zero-order valence-electron chi connectivity index (χ0n) is 11.0. The summed E-state index contributed by atoms with van der Waals surface area (Å²) in [6.07, 6.45) is 2.51. The van der Waals surface area contributed by atoms with Gasteiger partial charge >= 0.3 is 0 Å². The van der Waals surface area contributed by atoms with E-state index in [9.17, 15) is 9.59 Å². The van der Waals surface area contributed by atoms with Gasteiger partial charge in [0, 0.05) is 53.1 Å². The van der Waals surface area contributed by atoms with E-state index in [1.165, 1.54) is 0 Å². The first-order valence-corrected chi connectivity index (χ1v) is 6.19. The summed E-state index contributed by atoms with van der Waals surface area (Å²) in [7, 11) is 3.54. The number of amides is 2. The van der Waals surface area contributed by atoms with Crippen molar-refractivity contribution in [3.63, 3.8) is 0 Å². The fourth-order valence-electron chi connectivity index (χ4n) is 2.01. The van der Waals surface area contributed by atoms with E-state index in [2.05, 4.69) is 5.32 Å². The number of hydrogen-bond acceptors (Lipinski definition) is 3. The number of carbonyl (C=O) groups excluding carboxylic acids is 2. The predicted octanol–water partition coefficient (Wildman–Crippen LogP) is 0.0652. The van der Waals surface area contributed by atoms with Crippen LogP contribution in [0.3, 0.4) is 0 Å². The van der Waals surface area contributed by atoms with Crippen LogP contribution in [0.4, 0.5) is 0 Å². The maximum atomic E-state index is 11.4. The minimum atomic E-state index is 0.152. The molecular formula is C12H23N3O2. The van der Waals surface area contributed by atoms with E-state index in [4.69, 9.17) is 0 Å². The van der Waals surface area contributed by atoms with Crippen LogP contribution in [0.2, 0.25) is 0 Å². The number of rotatable bonds is 4. The number of piperidine rings is 1. The van der Waals surface area contributed by atoms with Gasteiger partial charge in [0.15, 0.2) is 0 Å². The SMILES string of the molecule is CC(=O)N1CCC(NCCC(=O)N(C)C)CC1. The van der Waals surface area contributed by atoms with Gasteiger partial charge in [-0.15, -0.1) is 0 Å². The van der Waals surface area contributed by atoms with Gasteiger partial charge in [0.1, 0.15) is 0 Å². The molecule has 0 bridgehead atoms. The van der Waals surface area contributed by atoms with Gasteiger partial charge in [-0.3, -0.25) is 9.59 Å². The van der Waals surface area contributed by atoms with E-state index in [1.54, 1.807) is 25.9 Å². The second-order valence-corrected chi connectivity index (χ2v) is 4.77. The van der Waals surface area contributed by atoms with Crippen molar-refractivity contribution < 1.29 is 9.59 Å². The molecule has 1 saturated heterocycles. The predicted molar refractivity (Wildman–Crippen MR) is 66.6 cm³/mol. The van der Waals surface area contributed by atoms with Crippen molar-refractivity contribution in [1.82, 2.24) is 15.1 Å². The van der Waals surface area contributed by atoms with Gasteiger partial charge in [0.05, 0.1) is 0 Å². The summed E-state index contributed by atoms with van der Waals surface area (Å²) in [6.45, 7) is 3.99. The number of hydrogen-bond donors (Lipinski definition) is 1. The Balaban J connectivity index is 2.14. The summed E-state index contributed by atoms with van der Waals surface area (Å²) in [5.74, 6) is 0.310. The fraction of sp³-hybridized carbons (Fsp3) is 0.833. The molecule has 0 aromatic rings. The lowest BCUT2D eigenvalue weighted by Crippen LogP contribution is -2.44. The van der Waals surface area contributed by atoms with Gasteiger partial charge in [-0.25, -0.2) is 0 Å². The molecule has 0 radical (unpaired) electrons. The average Bonchev–Trinajstić information content (AvgIpc) is 2.29. The normalized spacial score (nSPS) is 17.0. The minimum Gasteiger partial charge on any atom is -0.349 e. The van der Waals surface area contributed by atoms with Crippen LogP contribution in [0.15, 0.2) is 0 Å². The zero-order chi connectivity index (χ0) is 12.8. The van der Waals surface area contributed by atoms with Gasteiger partial charge in [0.25, 0.3) is 0 Å². The number of nitrogens with one attached hydrogen (secondary N) is 1. The number of nitrogens with zero attached hydrogens (tertiary/aromatic N) is 2. The second-order valence-electron chi connectivity index (χ2n) is 4.77. The summed E-state index contributed by atoms with van der Waals surface area (Å²) in [4.78, 5) is 26.0. The Kier molecular flexibility index (Phi) is 5.41. The van der Waals surface area contributed by atoms with Crippen LogP contribution in [0, 0.1) is 0 Å². The standard InChI is InChI=1S/C12H23N3O2/c1-10(16)15-8-5-11(6-9-15)13-7-4-12(17)14(2)3/h11,13H,4-9H2,1-3H3. The van der Waals surface area contributed by atoms with Gasteiger partial charge in [0.2, 0.25) is 11.8 Å². The van der Waals surface area contributed by atoms with Crippen molar-refractivity contribution in [3.05, 3.63) is 0 Å².